The molecular formula is C18H28N4O3. The molecule has 2 atom stereocenters. The summed E-state index contributed by atoms with van der Waals surface area (Å²) in [4.78, 5) is 32.9. The maximum absolute atomic E-state index is 12.3. The van der Waals surface area contributed by atoms with Crippen molar-refractivity contribution in [3.8, 4) is 0 Å². The largest absolute Gasteiger partial charge is 0.467 e. The highest BCUT2D eigenvalue weighted by atomic mass is 16.5. The third kappa shape index (κ3) is 5.42. The van der Waals surface area contributed by atoms with Crippen molar-refractivity contribution in [2.24, 2.45) is 5.92 Å². The Balaban J connectivity index is 1.82. The molecule has 1 aromatic rings. The summed E-state index contributed by atoms with van der Waals surface area (Å²) >= 11 is 0. The van der Waals surface area contributed by atoms with E-state index in [2.05, 4.69) is 20.1 Å². The fourth-order valence-corrected chi connectivity index (χ4v) is 2.89. The molecule has 1 amide bonds. The number of ether oxygens (including phenoxy) is 1. The maximum atomic E-state index is 12.3. The summed E-state index contributed by atoms with van der Waals surface area (Å²) in [6, 6.07) is 5.29. The van der Waals surface area contributed by atoms with Crippen LogP contribution in [-0.4, -0.2) is 67.6 Å². The molecule has 0 saturated carbocycles. The number of aromatic nitrogens is 1. The number of hydrogen-bond donors (Lipinski definition) is 1. The zero-order valence-electron chi connectivity index (χ0n) is 15.3. The predicted octanol–water partition coefficient (Wildman–Crippen LogP) is 0.908. The van der Waals surface area contributed by atoms with E-state index in [0.29, 0.717) is 6.54 Å². The smallest absolute Gasteiger partial charge is 0.328 e. The number of nitrogens with one attached hydrogen (secondary N) is 1. The summed E-state index contributed by atoms with van der Waals surface area (Å²) in [7, 11) is 1.35. The number of nitrogens with zero attached hydrogens (tertiary/aromatic N) is 3. The number of esters is 1. The Morgan fingerprint density at radius 1 is 1.28 bits per heavy atom. The first-order chi connectivity index (χ1) is 12.0. The summed E-state index contributed by atoms with van der Waals surface area (Å²) in [6.07, 6.45) is 2.58. The lowest BCUT2D eigenvalue weighted by Crippen LogP contribution is -2.52. The van der Waals surface area contributed by atoms with Gasteiger partial charge in [0.2, 0.25) is 5.91 Å². The van der Waals surface area contributed by atoms with Gasteiger partial charge < -0.3 is 15.0 Å². The van der Waals surface area contributed by atoms with Crippen LogP contribution in [0.25, 0.3) is 0 Å². The van der Waals surface area contributed by atoms with Crippen molar-refractivity contribution in [1.29, 1.82) is 0 Å². The number of carbonyl (C=O) groups excluding carboxylic acids is 2. The number of methoxy groups -OCH3 is 1. The highest BCUT2D eigenvalue weighted by Crippen LogP contribution is 2.13. The van der Waals surface area contributed by atoms with E-state index in [4.69, 9.17) is 4.74 Å². The monoisotopic (exact) mass is 348 g/mol. The number of carbonyl (C=O) groups is 2. The average molecular weight is 348 g/mol. The Bertz CT molecular complexity index is 559. The fourth-order valence-electron chi connectivity index (χ4n) is 2.89. The van der Waals surface area contributed by atoms with Crippen LogP contribution < -0.4 is 10.2 Å². The molecule has 1 aliphatic rings. The first kappa shape index (κ1) is 19.2. The zero-order chi connectivity index (χ0) is 18.2. The van der Waals surface area contributed by atoms with Crippen LogP contribution >= 0.6 is 0 Å². The van der Waals surface area contributed by atoms with Gasteiger partial charge in [-0.15, -0.1) is 0 Å². The molecule has 7 nitrogen and oxygen atoms in total. The molecule has 138 valence electrons. The molecule has 25 heavy (non-hydrogen) atoms. The minimum atomic E-state index is -0.586. The summed E-state index contributed by atoms with van der Waals surface area (Å²) in [5, 5.41) is 2.83. The molecular weight excluding hydrogens is 320 g/mol. The molecule has 0 aromatic carbocycles. The summed E-state index contributed by atoms with van der Waals surface area (Å²) in [6.45, 7) is 7.45. The molecule has 7 heteroatoms. The lowest BCUT2D eigenvalue weighted by molar-refractivity contribution is -0.146. The molecule has 2 rings (SSSR count). The van der Waals surface area contributed by atoms with Gasteiger partial charge in [-0.2, -0.15) is 0 Å². The van der Waals surface area contributed by atoms with E-state index in [0.717, 1.165) is 38.4 Å². The van der Waals surface area contributed by atoms with Crippen molar-refractivity contribution >= 4 is 17.7 Å². The molecule has 0 spiro atoms. The van der Waals surface area contributed by atoms with Gasteiger partial charge >= 0.3 is 5.97 Å². The van der Waals surface area contributed by atoms with E-state index < -0.39 is 6.04 Å². The van der Waals surface area contributed by atoms with Gasteiger partial charge in [-0.1, -0.05) is 26.3 Å². The second kappa shape index (κ2) is 9.36. The second-order valence-electron chi connectivity index (χ2n) is 6.41. The number of anilines is 1. The minimum absolute atomic E-state index is 0.0393. The number of amides is 1. The van der Waals surface area contributed by atoms with Crippen LogP contribution in [0, 0.1) is 5.92 Å². The van der Waals surface area contributed by atoms with E-state index in [1.807, 2.05) is 32.0 Å². The topological polar surface area (TPSA) is 74.8 Å². The quantitative estimate of drug-likeness (QED) is 0.738. The normalized spacial score (nSPS) is 17.6. The molecule has 1 aliphatic heterocycles. The first-order valence-corrected chi connectivity index (χ1v) is 8.80. The molecule has 1 N–H and O–H groups in total. The third-order valence-electron chi connectivity index (χ3n) is 4.70. The van der Waals surface area contributed by atoms with Crippen LogP contribution in [0.3, 0.4) is 0 Å². The number of pyridine rings is 1. The molecule has 0 radical (unpaired) electrons. The second-order valence-corrected chi connectivity index (χ2v) is 6.41. The van der Waals surface area contributed by atoms with Crippen LogP contribution in [-0.2, 0) is 14.3 Å². The van der Waals surface area contributed by atoms with Gasteiger partial charge in [0.15, 0.2) is 0 Å². The van der Waals surface area contributed by atoms with Gasteiger partial charge in [-0.05, 0) is 18.1 Å². The molecule has 1 aromatic heterocycles. The standard InChI is InChI=1S/C18H28N4O3/c1-4-14(2)17(18(24)25-3)20-16(23)13-21-9-11-22(12-10-21)15-7-5-6-8-19-15/h5-8,14,17H,4,9-13H2,1-3H3,(H,20,23). The van der Waals surface area contributed by atoms with Crippen LogP contribution in [0.15, 0.2) is 24.4 Å². The van der Waals surface area contributed by atoms with Gasteiger partial charge in [-0.25, -0.2) is 9.78 Å². The lowest BCUT2D eigenvalue weighted by atomic mass is 9.99. The third-order valence-corrected chi connectivity index (χ3v) is 4.70. The Kier molecular flexibility index (Phi) is 7.18. The van der Waals surface area contributed by atoms with E-state index in [9.17, 15) is 9.59 Å². The van der Waals surface area contributed by atoms with Gasteiger partial charge in [0.1, 0.15) is 11.9 Å². The highest BCUT2D eigenvalue weighted by molar-refractivity contribution is 5.85. The van der Waals surface area contributed by atoms with E-state index in [-0.39, 0.29) is 17.8 Å². The molecule has 1 fully saturated rings. The van der Waals surface area contributed by atoms with Crippen molar-refractivity contribution < 1.29 is 14.3 Å². The number of hydrogen-bond acceptors (Lipinski definition) is 6. The van der Waals surface area contributed by atoms with E-state index in [1.165, 1.54) is 7.11 Å². The molecule has 0 bridgehead atoms. The summed E-state index contributed by atoms with van der Waals surface area (Å²) < 4.78 is 4.81. The maximum Gasteiger partial charge on any atom is 0.328 e. The number of piperazine rings is 1. The fraction of sp³-hybridized carbons (Fsp3) is 0.611. The van der Waals surface area contributed by atoms with E-state index in [1.54, 1.807) is 6.20 Å². The van der Waals surface area contributed by atoms with Gasteiger partial charge in [0.25, 0.3) is 0 Å². The summed E-state index contributed by atoms with van der Waals surface area (Å²) in [5.74, 6) is 0.483. The van der Waals surface area contributed by atoms with Crippen LogP contribution in [0.5, 0.6) is 0 Å². The van der Waals surface area contributed by atoms with Gasteiger partial charge in [0, 0.05) is 32.4 Å². The zero-order valence-corrected chi connectivity index (χ0v) is 15.3. The Labute approximate surface area is 149 Å². The SMILES string of the molecule is CCC(C)C(NC(=O)CN1CCN(c2ccccn2)CC1)C(=O)OC. The highest BCUT2D eigenvalue weighted by Gasteiger charge is 2.28. The first-order valence-electron chi connectivity index (χ1n) is 8.80. The van der Waals surface area contributed by atoms with Crippen molar-refractivity contribution in [2.75, 3.05) is 44.7 Å². The summed E-state index contributed by atoms with van der Waals surface area (Å²) in [5.41, 5.74) is 0. The molecule has 0 aliphatic carbocycles. The lowest BCUT2D eigenvalue weighted by Gasteiger charge is -2.35. The van der Waals surface area contributed by atoms with Crippen LogP contribution in [0.2, 0.25) is 0 Å². The molecule has 1 saturated heterocycles. The minimum Gasteiger partial charge on any atom is -0.467 e. The molecule has 2 heterocycles. The van der Waals surface area contributed by atoms with Crippen molar-refractivity contribution in [3.05, 3.63) is 24.4 Å². The van der Waals surface area contributed by atoms with E-state index >= 15 is 0 Å². The average Bonchev–Trinajstić information content (AvgIpc) is 2.66. The van der Waals surface area contributed by atoms with Crippen LogP contribution in [0.4, 0.5) is 5.82 Å². The van der Waals surface area contributed by atoms with Gasteiger partial charge in [0.05, 0.1) is 13.7 Å². The van der Waals surface area contributed by atoms with Crippen molar-refractivity contribution in [2.45, 2.75) is 26.3 Å². The van der Waals surface area contributed by atoms with Crippen molar-refractivity contribution in [3.63, 3.8) is 0 Å². The Morgan fingerprint density at radius 3 is 2.56 bits per heavy atom. The van der Waals surface area contributed by atoms with Crippen LogP contribution in [0.1, 0.15) is 20.3 Å². The van der Waals surface area contributed by atoms with Crippen molar-refractivity contribution in [1.82, 2.24) is 15.2 Å². The Hall–Kier alpha value is -2.15. The molecule has 2 unspecified atom stereocenters. The van der Waals surface area contributed by atoms with Gasteiger partial charge in [-0.3, -0.25) is 9.69 Å². The Morgan fingerprint density at radius 2 is 2.00 bits per heavy atom. The number of rotatable bonds is 7. The predicted molar refractivity (Wildman–Crippen MR) is 96.3 cm³/mol.